The minimum atomic E-state index is -0.286. The zero-order valence-corrected chi connectivity index (χ0v) is 11.8. The van der Waals surface area contributed by atoms with Gasteiger partial charge in [-0.2, -0.15) is 0 Å². The lowest BCUT2D eigenvalue weighted by Crippen LogP contribution is -2.12. The van der Waals surface area contributed by atoms with Gasteiger partial charge in [-0.15, -0.1) is 0 Å². The fourth-order valence-electron chi connectivity index (χ4n) is 1.79. The van der Waals surface area contributed by atoms with Gasteiger partial charge in [0.1, 0.15) is 17.8 Å². The van der Waals surface area contributed by atoms with Crippen LogP contribution in [0.25, 0.3) is 0 Å². The highest BCUT2D eigenvalue weighted by Gasteiger charge is 2.10. The molecule has 0 unspecified atom stereocenters. The SMILES string of the molecule is COc1cc(OC)cc(C(=O)Nc2ccc(C=O)cc2)c1. The van der Waals surface area contributed by atoms with Gasteiger partial charge in [-0.1, -0.05) is 0 Å². The molecule has 0 heterocycles. The smallest absolute Gasteiger partial charge is 0.255 e. The van der Waals surface area contributed by atoms with E-state index in [1.807, 2.05) is 0 Å². The summed E-state index contributed by atoms with van der Waals surface area (Å²) in [6.45, 7) is 0. The Bertz CT molecular complexity index is 628. The van der Waals surface area contributed by atoms with E-state index in [1.165, 1.54) is 14.2 Å². The molecule has 0 fully saturated rings. The van der Waals surface area contributed by atoms with Crippen molar-refractivity contribution in [1.29, 1.82) is 0 Å². The molecule has 5 nitrogen and oxygen atoms in total. The van der Waals surface area contributed by atoms with Gasteiger partial charge in [-0.05, 0) is 36.4 Å². The summed E-state index contributed by atoms with van der Waals surface area (Å²) in [6.07, 6.45) is 0.749. The Balaban J connectivity index is 2.20. The molecule has 0 saturated heterocycles. The van der Waals surface area contributed by atoms with Crippen molar-refractivity contribution in [2.75, 3.05) is 19.5 Å². The van der Waals surface area contributed by atoms with Gasteiger partial charge >= 0.3 is 0 Å². The maximum absolute atomic E-state index is 12.2. The van der Waals surface area contributed by atoms with Crippen LogP contribution >= 0.6 is 0 Å². The molecule has 2 aromatic rings. The van der Waals surface area contributed by atoms with Gasteiger partial charge in [-0.3, -0.25) is 9.59 Å². The molecular formula is C16H15NO4. The molecule has 0 aliphatic rings. The molecule has 0 saturated carbocycles. The van der Waals surface area contributed by atoms with Gasteiger partial charge in [0.15, 0.2) is 0 Å². The summed E-state index contributed by atoms with van der Waals surface area (Å²) in [7, 11) is 3.04. The van der Waals surface area contributed by atoms with Crippen LogP contribution in [0.15, 0.2) is 42.5 Å². The third-order valence-corrected chi connectivity index (χ3v) is 2.92. The van der Waals surface area contributed by atoms with Crippen LogP contribution in [0.1, 0.15) is 20.7 Å². The van der Waals surface area contributed by atoms with Gasteiger partial charge in [-0.25, -0.2) is 0 Å². The second kappa shape index (κ2) is 6.56. The standard InChI is InChI=1S/C16H15NO4/c1-20-14-7-12(8-15(9-14)21-2)16(19)17-13-5-3-11(10-18)4-6-13/h3-10H,1-2H3,(H,17,19). The number of amides is 1. The highest BCUT2D eigenvalue weighted by Crippen LogP contribution is 2.23. The minimum absolute atomic E-state index is 0.286. The zero-order chi connectivity index (χ0) is 15.2. The Morgan fingerprint density at radius 1 is 1.00 bits per heavy atom. The zero-order valence-electron chi connectivity index (χ0n) is 11.8. The van der Waals surface area contributed by atoms with E-state index in [0.29, 0.717) is 28.3 Å². The van der Waals surface area contributed by atoms with Crippen LogP contribution in [0.2, 0.25) is 0 Å². The lowest BCUT2D eigenvalue weighted by Gasteiger charge is -2.09. The highest BCUT2D eigenvalue weighted by molar-refractivity contribution is 6.04. The van der Waals surface area contributed by atoms with Gasteiger partial charge in [0, 0.05) is 22.9 Å². The van der Waals surface area contributed by atoms with Crippen LogP contribution in [0, 0.1) is 0 Å². The van der Waals surface area contributed by atoms with Crippen molar-refractivity contribution < 1.29 is 19.1 Å². The number of aldehydes is 1. The van der Waals surface area contributed by atoms with Gasteiger partial charge < -0.3 is 14.8 Å². The van der Waals surface area contributed by atoms with Crippen LogP contribution in [0.3, 0.4) is 0 Å². The predicted molar refractivity (Wildman–Crippen MR) is 79.3 cm³/mol. The normalized spacial score (nSPS) is 9.81. The van der Waals surface area contributed by atoms with Crippen molar-refractivity contribution in [3.63, 3.8) is 0 Å². The molecule has 1 amide bonds. The lowest BCUT2D eigenvalue weighted by molar-refractivity contribution is 0.102. The number of methoxy groups -OCH3 is 2. The summed E-state index contributed by atoms with van der Waals surface area (Å²) in [5, 5.41) is 2.75. The number of benzene rings is 2. The van der Waals surface area contributed by atoms with E-state index < -0.39 is 0 Å². The lowest BCUT2D eigenvalue weighted by atomic mass is 10.1. The molecule has 0 spiro atoms. The molecule has 2 rings (SSSR count). The van der Waals surface area contributed by atoms with Crippen molar-refractivity contribution >= 4 is 17.9 Å². The summed E-state index contributed by atoms with van der Waals surface area (Å²) in [5.41, 5.74) is 1.58. The molecule has 1 N–H and O–H groups in total. The van der Waals surface area contributed by atoms with Crippen molar-refractivity contribution in [3.8, 4) is 11.5 Å². The van der Waals surface area contributed by atoms with Gasteiger partial charge in [0.2, 0.25) is 0 Å². The molecule has 0 bridgehead atoms. The maximum atomic E-state index is 12.2. The molecule has 21 heavy (non-hydrogen) atoms. The number of carbonyl (C=O) groups is 2. The quantitative estimate of drug-likeness (QED) is 0.858. The first-order chi connectivity index (χ1) is 10.2. The molecular weight excluding hydrogens is 270 g/mol. The van der Waals surface area contributed by atoms with Crippen molar-refractivity contribution in [2.24, 2.45) is 0 Å². The van der Waals surface area contributed by atoms with E-state index in [9.17, 15) is 9.59 Å². The average Bonchev–Trinajstić information content (AvgIpc) is 2.54. The summed E-state index contributed by atoms with van der Waals surface area (Å²) in [4.78, 5) is 22.8. The van der Waals surface area contributed by atoms with Crippen LogP contribution in [0.4, 0.5) is 5.69 Å². The first-order valence-electron chi connectivity index (χ1n) is 6.26. The number of ether oxygens (including phenoxy) is 2. The minimum Gasteiger partial charge on any atom is -0.497 e. The third kappa shape index (κ3) is 3.60. The molecule has 0 radical (unpaired) electrons. The largest absolute Gasteiger partial charge is 0.497 e. The Morgan fingerprint density at radius 2 is 1.57 bits per heavy atom. The molecule has 5 heteroatoms. The summed E-state index contributed by atoms with van der Waals surface area (Å²) >= 11 is 0. The molecule has 0 atom stereocenters. The van der Waals surface area contributed by atoms with E-state index in [0.717, 1.165) is 6.29 Å². The average molecular weight is 285 g/mol. The summed E-state index contributed by atoms with van der Waals surface area (Å²) < 4.78 is 10.3. The van der Waals surface area contributed by atoms with E-state index in [4.69, 9.17) is 9.47 Å². The van der Waals surface area contributed by atoms with Crippen LogP contribution < -0.4 is 14.8 Å². The fourth-order valence-corrected chi connectivity index (χ4v) is 1.79. The number of carbonyl (C=O) groups excluding carboxylic acids is 2. The Kier molecular flexibility index (Phi) is 4.56. The van der Waals surface area contributed by atoms with Crippen molar-refractivity contribution in [2.45, 2.75) is 0 Å². The number of hydrogen-bond donors (Lipinski definition) is 1. The van der Waals surface area contributed by atoms with Crippen LogP contribution in [-0.4, -0.2) is 26.4 Å². The van der Waals surface area contributed by atoms with Crippen LogP contribution in [-0.2, 0) is 0 Å². The molecule has 0 aliphatic carbocycles. The topological polar surface area (TPSA) is 64.6 Å². The number of nitrogens with one attached hydrogen (secondary N) is 1. The van der Waals surface area contributed by atoms with E-state index in [2.05, 4.69) is 5.32 Å². The molecule has 2 aromatic carbocycles. The fraction of sp³-hybridized carbons (Fsp3) is 0.125. The number of rotatable bonds is 5. The van der Waals surface area contributed by atoms with E-state index in [1.54, 1.807) is 42.5 Å². The van der Waals surface area contributed by atoms with Gasteiger partial charge in [0.25, 0.3) is 5.91 Å². The Labute approximate surface area is 122 Å². The van der Waals surface area contributed by atoms with E-state index in [-0.39, 0.29) is 5.91 Å². The first kappa shape index (κ1) is 14.6. The van der Waals surface area contributed by atoms with Gasteiger partial charge in [0.05, 0.1) is 14.2 Å². The second-order valence-electron chi connectivity index (χ2n) is 4.30. The number of hydrogen-bond acceptors (Lipinski definition) is 4. The predicted octanol–water partition coefficient (Wildman–Crippen LogP) is 2.77. The van der Waals surface area contributed by atoms with Crippen molar-refractivity contribution in [1.82, 2.24) is 0 Å². The Morgan fingerprint density at radius 3 is 2.05 bits per heavy atom. The molecule has 0 aliphatic heterocycles. The Hall–Kier alpha value is -2.82. The monoisotopic (exact) mass is 285 g/mol. The first-order valence-corrected chi connectivity index (χ1v) is 6.26. The summed E-state index contributed by atoms with van der Waals surface area (Å²) in [6, 6.07) is 11.5. The van der Waals surface area contributed by atoms with E-state index >= 15 is 0 Å². The third-order valence-electron chi connectivity index (χ3n) is 2.92. The van der Waals surface area contributed by atoms with Crippen LogP contribution in [0.5, 0.6) is 11.5 Å². The van der Waals surface area contributed by atoms with Crippen molar-refractivity contribution in [3.05, 3.63) is 53.6 Å². The molecule has 0 aromatic heterocycles. The second-order valence-corrected chi connectivity index (χ2v) is 4.30. The highest BCUT2D eigenvalue weighted by atomic mass is 16.5. The maximum Gasteiger partial charge on any atom is 0.255 e. The molecule has 108 valence electrons. The summed E-state index contributed by atoms with van der Waals surface area (Å²) in [5.74, 6) is 0.789. The number of anilines is 1.